The van der Waals surface area contributed by atoms with Crippen molar-refractivity contribution in [2.45, 2.75) is 32.3 Å². The first-order chi connectivity index (χ1) is 8.60. The standard InChI is InChI=1S/C13H16ClFO3/c1-3-4-7-11(13(16)17-2)18-10-8-5-6-9(14)12(10)15/h5-6,8,11H,3-4,7H2,1-2H3. The Morgan fingerprint density at radius 3 is 2.83 bits per heavy atom. The average Bonchev–Trinajstić information content (AvgIpc) is 2.38. The molecule has 1 unspecified atom stereocenters. The van der Waals surface area contributed by atoms with E-state index in [1.807, 2.05) is 6.92 Å². The predicted molar refractivity (Wildman–Crippen MR) is 67.4 cm³/mol. The first-order valence-corrected chi connectivity index (χ1v) is 6.16. The van der Waals surface area contributed by atoms with Crippen molar-refractivity contribution >= 4 is 17.6 Å². The number of halogens is 2. The van der Waals surface area contributed by atoms with Crippen molar-refractivity contribution in [2.24, 2.45) is 0 Å². The summed E-state index contributed by atoms with van der Waals surface area (Å²) in [5, 5.41) is -0.0355. The van der Waals surface area contributed by atoms with Crippen molar-refractivity contribution in [1.29, 1.82) is 0 Å². The van der Waals surface area contributed by atoms with Crippen molar-refractivity contribution < 1.29 is 18.7 Å². The van der Waals surface area contributed by atoms with Gasteiger partial charge in [0, 0.05) is 0 Å². The van der Waals surface area contributed by atoms with Crippen LogP contribution in [0.1, 0.15) is 26.2 Å². The number of rotatable bonds is 6. The molecule has 1 aromatic carbocycles. The van der Waals surface area contributed by atoms with E-state index in [2.05, 4.69) is 4.74 Å². The lowest BCUT2D eigenvalue weighted by atomic mass is 10.1. The topological polar surface area (TPSA) is 35.5 Å². The molecule has 100 valence electrons. The molecule has 0 N–H and O–H groups in total. The van der Waals surface area contributed by atoms with Crippen LogP contribution in [0.2, 0.25) is 5.02 Å². The monoisotopic (exact) mass is 274 g/mol. The zero-order valence-corrected chi connectivity index (χ0v) is 11.2. The average molecular weight is 275 g/mol. The fraction of sp³-hybridized carbons (Fsp3) is 0.462. The summed E-state index contributed by atoms with van der Waals surface area (Å²) in [6, 6.07) is 4.42. The number of unbranched alkanes of at least 4 members (excludes halogenated alkanes) is 1. The Balaban J connectivity index is 2.81. The molecule has 1 aromatic rings. The van der Waals surface area contributed by atoms with Crippen molar-refractivity contribution in [3.05, 3.63) is 29.0 Å². The van der Waals surface area contributed by atoms with E-state index >= 15 is 0 Å². The van der Waals surface area contributed by atoms with E-state index in [1.165, 1.54) is 19.2 Å². The molecule has 0 radical (unpaired) electrons. The van der Waals surface area contributed by atoms with Crippen LogP contribution in [0.5, 0.6) is 5.75 Å². The molecule has 0 aromatic heterocycles. The van der Waals surface area contributed by atoms with E-state index in [4.69, 9.17) is 16.3 Å². The van der Waals surface area contributed by atoms with E-state index in [9.17, 15) is 9.18 Å². The van der Waals surface area contributed by atoms with Crippen LogP contribution >= 0.6 is 11.6 Å². The largest absolute Gasteiger partial charge is 0.476 e. The molecule has 0 aliphatic rings. The zero-order valence-electron chi connectivity index (χ0n) is 10.4. The van der Waals surface area contributed by atoms with Gasteiger partial charge in [-0.1, -0.05) is 31.0 Å². The number of esters is 1. The molecule has 0 bridgehead atoms. The Kier molecular flexibility index (Phi) is 5.92. The van der Waals surface area contributed by atoms with Crippen LogP contribution < -0.4 is 4.74 Å². The number of benzene rings is 1. The van der Waals surface area contributed by atoms with E-state index in [0.29, 0.717) is 6.42 Å². The SMILES string of the molecule is CCCCC(Oc1cccc(Cl)c1F)C(=O)OC. The zero-order chi connectivity index (χ0) is 13.5. The first-order valence-electron chi connectivity index (χ1n) is 5.78. The summed E-state index contributed by atoms with van der Waals surface area (Å²) in [7, 11) is 1.28. The second-order valence-electron chi connectivity index (χ2n) is 3.82. The maximum atomic E-state index is 13.6. The molecule has 0 aliphatic carbocycles. The van der Waals surface area contributed by atoms with Gasteiger partial charge in [-0.15, -0.1) is 0 Å². The second kappa shape index (κ2) is 7.21. The third-order valence-electron chi connectivity index (χ3n) is 2.47. The number of carbonyl (C=O) groups is 1. The van der Waals surface area contributed by atoms with Crippen molar-refractivity contribution in [1.82, 2.24) is 0 Å². The van der Waals surface area contributed by atoms with Gasteiger partial charge in [0.2, 0.25) is 0 Å². The van der Waals surface area contributed by atoms with Crippen LogP contribution in [0.4, 0.5) is 4.39 Å². The van der Waals surface area contributed by atoms with Gasteiger partial charge < -0.3 is 9.47 Å². The van der Waals surface area contributed by atoms with Gasteiger partial charge in [0.15, 0.2) is 17.7 Å². The quantitative estimate of drug-likeness (QED) is 0.744. The smallest absolute Gasteiger partial charge is 0.347 e. The Bertz CT molecular complexity index is 409. The van der Waals surface area contributed by atoms with Crippen LogP contribution in [0, 0.1) is 5.82 Å². The van der Waals surface area contributed by atoms with Gasteiger partial charge in [0.25, 0.3) is 0 Å². The Morgan fingerprint density at radius 2 is 2.22 bits per heavy atom. The molecule has 5 heteroatoms. The molecule has 0 fully saturated rings. The van der Waals surface area contributed by atoms with Crippen LogP contribution in [-0.4, -0.2) is 19.2 Å². The normalized spacial score (nSPS) is 12.0. The van der Waals surface area contributed by atoms with Crippen LogP contribution in [0.15, 0.2) is 18.2 Å². The van der Waals surface area contributed by atoms with E-state index in [-0.39, 0.29) is 10.8 Å². The highest BCUT2D eigenvalue weighted by Crippen LogP contribution is 2.26. The number of carbonyl (C=O) groups excluding carboxylic acids is 1. The molecule has 0 saturated heterocycles. The predicted octanol–water partition coefficient (Wildman–Crippen LogP) is 3.59. The van der Waals surface area contributed by atoms with Crippen molar-refractivity contribution in [3.8, 4) is 5.75 Å². The highest BCUT2D eigenvalue weighted by molar-refractivity contribution is 6.30. The van der Waals surface area contributed by atoms with Gasteiger partial charge in [-0.2, -0.15) is 0 Å². The number of hydrogen-bond donors (Lipinski definition) is 0. The fourth-order valence-electron chi connectivity index (χ4n) is 1.47. The highest BCUT2D eigenvalue weighted by atomic mass is 35.5. The minimum atomic E-state index is -0.803. The van der Waals surface area contributed by atoms with Crippen LogP contribution in [0.3, 0.4) is 0 Å². The fourth-order valence-corrected chi connectivity index (χ4v) is 1.64. The summed E-state index contributed by atoms with van der Waals surface area (Å²) in [4.78, 5) is 11.5. The molecule has 3 nitrogen and oxygen atoms in total. The summed E-state index contributed by atoms with van der Waals surface area (Å²) in [5.74, 6) is -1.21. The maximum Gasteiger partial charge on any atom is 0.347 e. The lowest BCUT2D eigenvalue weighted by molar-refractivity contribution is -0.149. The Labute approximate surface area is 111 Å². The van der Waals surface area contributed by atoms with Gasteiger partial charge in [-0.05, 0) is 25.0 Å². The molecule has 1 rings (SSSR count). The summed E-state index contributed by atoms with van der Waals surface area (Å²) >= 11 is 5.64. The van der Waals surface area contributed by atoms with Gasteiger partial charge in [0.1, 0.15) is 0 Å². The lowest BCUT2D eigenvalue weighted by Gasteiger charge is -2.17. The van der Waals surface area contributed by atoms with Gasteiger partial charge in [-0.3, -0.25) is 0 Å². The second-order valence-corrected chi connectivity index (χ2v) is 4.23. The third kappa shape index (κ3) is 3.88. The Morgan fingerprint density at radius 1 is 1.50 bits per heavy atom. The van der Waals surface area contributed by atoms with Gasteiger partial charge in [0.05, 0.1) is 12.1 Å². The minimum Gasteiger partial charge on any atom is -0.476 e. The minimum absolute atomic E-state index is 0.0333. The first kappa shape index (κ1) is 14.8. The highest BCUT2D eigenvalue weighted by Gasteiger charge is 2.22. The molecule has 1 atom stereocenters. The van der Waals surface area contributed by atoms with E-state index in [1.54, 1.807) is 6.07 Å². The summed E-state index contributed by atoms with van der Waals surface area (Å²) in [6.45, 7) is 1.99. The van der Waals surface area contributed by atoms with Crippen LogP contribution in [-0.2, 0) is 9.53 Å². The van der Waals surface area contributed by atoms with E-state index in [0.717, 1.165) is 12.8 Å². The number of methoxy groups -OCH3 is 1. The van der Waals surface area contributed by atoms with Crippen molar-refractivity contribution in [2.75, 3.05) is 7.11 Å². The molecule has 0 saturated carbocycles. The number of ether oxygens (including phenoxy) is 2. The third-order valence-corrected chi connectivity index (χ3v) is 2.76. The Hall–Kier alpha value is -1.29. The van der Waals surface area contributed by atoms with Crippen molar-refractivity contribution in [3.63, 3.8) is 0 Å². The summed E-state index contributed by atoms with van der Waals surface area (Å²) in [6.07, 6.45) is 1.38. The lowest BCUT2D eigenvalue weighted by Crippen LogP contribution is -2.28. The van der Waals surface area contributed by atoms with E-state index < -0.39 is 17.9 Å². The molecular weight excluding hydrogens is 259 g/mol. The number of hydrogen-bond acceptors (Lipinski definition) is 3. The van der Waals surface area contributed by atoms with Gasteiger partial charge >= 0.3 is 5.97 Å². The molecule has 0 heterocycles. The molecular formula is C13H16ClFO3. The van der Waals surface area contributed by atoms with Crippen LogP contribution in [0.25, 0.3) is 0 Å². The summed E-state index contributed by atoms with van der Waals surface area (Å²) in [5.41, 5.74) is 0. The molecule has 0 spiro atoms. The molecule has 0 aliphatic heterocycles. The van der Waals surface area contributed by atoms with Gasteiger partial charge in [-0.25, -0.2) is 9.18 Å². The molecule has 18 heavy (non-hydrogen) atoms. The summed E-state index contributed by atoms with van der Waals surface area (Å²) < 4.78 is 23.6. The maximum absolute atomic E-state index is 13.6. The molecule has 0 amide bonds.